The van der Waals surface area contributed by atoms with Crippen LogP contribution in [0.15, 0.2) is 43.2 Å². The van der Waals surface area contributed by atoms with E-state index in [4.69, 9.17) is 0 Å². The summed E-state index contributed by atoms with van der Waals surface area (Å²) in [7, 11) is 0. The molecule has 8 nitrogen and oxygen atoms in total. The average molecular weight is 377 g/mol. The highest BCUT2D eigenvalue weighted by Crippen LogP contribution is 2.24. The van der Waals surface area contributed by atoms with E-state index in [2.05, 4.69) is 36.3 Å². The molecule has 0 aliphatic carbocycles. The Morgan fingerprint density at radius 1 is 1.00 bits per heavy atom. The Morgan fingerprint density at radius 3 is 2.39 bits per heavy atom. The predicted molar refractivity (Wildman–Crippen MR) is 106 cm³/mol. The molecule has 1 fully saturated rings. The van der Waals surface area contributed by atoms with Gasteiger partial charge in [0.25, 0.3) is 0 Å². The average Bonchev–Trinajstić information content (AvgIpc) is 3.22. The first-order chi connectivity index (χ1) is 13.6. The predicted octanol–water partition coefficient (Wildman–Crippen LogP) is 2.53. The first-order valence-corrected chi connectivity index (χ1v) is 9.39. The van der Waals surface area contributed by atoms with Gasteiger partial charge in [0.05, 0.1) is 0 Å². The molecule has 2 aromatic heterocycles. The van der Waals surface area contributed by atoms with Crippen LogP contribution in [-0.2, 0) is 4.79 Å². The number of carbonyl (C=O) groups excluding carboxylic acids is 1. The fourth-order valence-electron chi connectivity index (χ4n) is 3.62. The standard InChI is InChI=1S/C20H23N7O/c1-14-7-15(2)9-17(8-14)25-20(28)16-3-5-26(6-4-16)18-10-19(23-12-22-18)27-13-21-11-24-27/h7-13,16H,3-6H2,1-2H3,(H,25,28). The van der Waals surface area contributed by atoms with E-state index in [0.717, 1.165) is 48.6 Å². The number of nitrogens with one attached hydrogen (secondary N) is 1. The SMILES string of the molecule is Cc1cc(C)cc(NC(=O)C2CCN(c3cc(-n4cncn4)ncn3)CC2)c1. The van der Waals surface area contributed by atoms with Crippen molar-refractivity contribution in [3.05, 3.63) is 54.4 Å². The van der Waals surface area contributed by atoms with Gasteiger partial charge in [-0.25, -0.2) is 19.6 Å². The molecule has 1 aromatic carbocycles. The Morgan fingerprint density at radius 2 is 1.71 bits per heavy atom. The maximum atomic E-state index is 12.7. The molecule has 4 rings (SSSR count). The number of hydrogen-bond donors (Lipinski definition) is 1. The van der Waals surface area contributed by atoms with Gasteiger partial charge < -0.3 is 10.2 Å². The van der Waals surface area contributed by atoms with Crippen molar-refractivity contribution in [2.75, 3.05) is 23.3 Å². The van der Waals surface area contributed by atoms with Gasteiger partial charge in [0.2, 0.25) is 5.91 Å². The second-order valence-corrected chi connectivity index (χ2v) is 7.20. The molecular weight excluding hydrogens is 354 g/mol. The highest BCUT2D eigenvalue weighted by atomic mass is 16.1. The zero-order chi connectivity index (χ0) is 19.5. The fourth-order valence-corrected chi connectivity index (χ4v) is 3.62. The molecule has 0 spiro atoms. The van der Waals surface area contributed by atoms with Crippen LogP contribution in [0.5, 0.6) is 0 Å². The molecule has 1 aliphatic heterocycles. The molecule has 8 heteroatoms. The number of rotatable bonds is 4. The molecule has 0 atom stereocenters. The van der Waals surface area contributed by atoms with Crippen molar-refractivity contribution in [1.29, 1.82) is 0 Å². The van der Waals surface area contributed by atoms with E-state index in [0.29, 0.717) is 5.82 Å². The number of piperidine rings is 1. The van der Waals surface area contributed by atoms with Gasteiger partial charge in [-0.1, -0.05) is 6.07 Å². The summed E-state index contributed by atoms with van der Waals surface area (Å²) in [6.07, 6.45) is 6.20. The van der Waals surface area contributed by atoms with E-state index in [1.807, 2.05) is 32.0 Å². The highest BCUT2D eigenvalue weighted by molar-refractivity contribution is 5.92. The van der Waals surface area contributed by atoms with Crippen LogP contribution in [-0.4, -0.2) is 43.7 Å². The lowest BCUT2D eigenvalue weighted by Gasteiger charge is -2.32. The number of anilines is 2. The Hall–Kier alpha value is -3.29. The number of amides is 1. The van der Waals surface area contributed by atoms with Gasteiger partial charge in [0.15, 0.2) is 5.82 Å². The van der Waals surface area contributed by atoms with Crippen LogP contribution < -0.4 is 10.2 Å². The normalized spacial score (nSPS) is 14.9. The van der Waals surface area contributed by atoms with Gasteiger partial charge in [-0.05, 0) is 49.9 Å². The maximum absolute atomic E-state index is 12.7. The quantitative estimate of drug-likeness (QED) is 0.752. The second kappa shape index (κ2) is 7.75. The molecule has 28 heavy (non-hydrogen) atoms. The molecule has 1 N–H and O–H groups in total. The number of aromatic nitrogens is 5. The van der Waals surface area contributed by atoms with Crippen molar-refractivity contribution in [2.45, 2.75) is 26.7 Å². The van der Waals surface area contributed by atoms with Crippen LogP contribution in [0.1, 0.15) is 24.0 Å². The lowest BCUT2D eigenvalue weighted by Crippen LogP contribution is -2.38. The summed E-state index contributed by atoms with van der Waals surface area (Å²) in [5.74, 6) is 1.62. The highest BCUT2D eigenvalue weighted by Gasteiger charge is 2.26. The molecule has 0 saturated carbocycles. The van der Waals surface area contributed by atoms with E-state index in [1.165, 1.54) is 12.7 Å². The van der Waals surface area contributed by atoms with Gasteiger partial charge >= 0.3 is 0 Å². The Kier molecular flexibility index (Phi) is 5.01. The molecule has 1 aliphatic rings. The summed E-state index contributed by atoms with van der Waals surface area (Å²) in [6.45, 7) is 5.63. The summed E-state index contributed by atoms with van der Waals surface area (Å²) in [4.78, 5) is 27.4. The minimum Gasteiger partial charge on any atom is -0.356 e. The van der Waals surface area contributed by atoms with E-state index >= 15 is 0 Å². The van der Waals surface area contributed by atoms with Crippen LogP contribution in [0.2, 0.25) is 0 Å². The molecule has 3 aromatic rings. The number of aryl methyl sites for hydroxylation is 2. The number of benzene rings is 1. The van der Waals surface area contributed by atoms with Crippen LogP contribution in [0.4, 0.5) is 11.5 Å². The third-order valence-corrected chi connectivity index (χ3v) is 4.97. The number of carbonyl (C=O) groups is 1. The van der Waals surface area contributed by atoms with Crippen LogP contribution >= 0.6 is 0 Å². The maximum Gasteiger partial charge on any atom is 0.227 e. The third-order valence-electron chi connectivity index (χ3n) is 4.97. The topological polar surface area (TPSA) is 88.8 Å². The molecular formula is C20H23N7O. The van der Waals surface area contributed by atoms with Gasteiger partial charge in [0.1, 0.15) is 24.8 Å². The summed E-state index contributed by atoms with van der Waals surface area (Å²) >= 11 is 0. The third kappa shape index (κ3) is 4.00. The van der Waals surface area contributed by atoms with E-state index in [1.54, 1.807) is 11.0 Å². The molecule has 3 heterocycles. The van der Waals surface area contributed by atoms with E-state index in [-0.39, 0.29) is 11.8 Å². The molecule has 144 valence electrons. The summed E-state index contributed by atoms with van der Waals surface area (Å²) in [6, 6.07) is 8.01. The van der Waals surface area contributed by atoms with Gasteiger partial charge in [-0.2, -0.15) is 5.10 Å². The largest absolute Gasteiger partial charge is 0.356 e. The van der Waals surface area contributed by atoms with Crippen molar-refractivity contribution in [3.8, 4) is 5.82 Å². The summed E-state index contributed by atoms with van der Waals surface area (Å²) < 4.78 is 1.61. The number of hydrogen-bond acceptors (Lipinski definition) is 6. The molecule has 0 bridgehead atoms. The fraction of sp³-hybridized carbons (Fsp3) is 0.350. The number of nitrogens with zero attached hydrogens (tertiary/aromatic N) is 6. The van der Waals surface area contributed by atoms with Crippen molar-refractivity contribution < 1.29 is 4.79 Å². The zero-order valence-electron chi connectivity index (χ0n) is 16.0. The zero-order valence-corrected chi connectivity index (χ0v) is 16.0. The van der Waals surface area contributed by atoms with Crippen LogP contribution in [0.3, 0.4) is 0 Å². The van der Waals surface area contributed by atoms with Crippen LogP contribution in [0, 0.1) is 19.8 Å². The lowest BCUT2D eigenvalue weighted by molar-refractivity contribution is -0.120. The Bertz CT molecular complexity index is 942. The first-order valence-electron chi connectivity index (χ1n) is 9.39. The molecule has 0 radical (unpaired) electrons. The first kappa shape index (κ1) is 18.1. The van der Waals surface area contributed by atoms with Crippen molar-refractivity contribution in [3.63, 3.8) is 0 Å². The Labute approximate surface area is 163 Å². The summed E-state index contributed by atoms with van der Waals surface area (Å²) in [5.41, 5.74) is 3.17. The van der Waals surface area contributed by atoms with Gasteiger partial charge in [-0.15, -0.1) is 0 Å². The van der Waals surface area contributed by atoms with Crippen molar-refractivity contribution in [1.82, 2.24) is 24.7 Å². The van der Waals surface area contributed by atoms with Gasteiger partial charge in [-0.3, -0.25) is 4.79 Å². The van der Waals surface area contributed by atoms with Crippen molar-refractivity contribution in [2.24, 2.45) is 5.92 Å². The van der Waals surface area contributed by atoms with Gasteiger partial charge in [0, 0.05) is 30.8 Å². The smallest absolute Gasteiger partial charge is 0.227 e. The molecule has 1 amide bonds. The van der Waals surface area contributed by atoms with E-state index < -0.39 is 0 Å². The summed E-state index contributed by atoms with van der Waals surface area (Å²) in [5, 5.41) is 7.18. The Balaban J connectivity index is 1.38. The molecule has 0 unspecified atom stereocenters. The minimum atomic E-state index is 0.00805. The minimum absolute atomic E-state index is 0.00805. The lowest BCUT2D eigenvalue weighted by atomic mass is 9.95. The van der Waals surface area contributed by atoms with Crippen LogP contribution in [0.25, 0.3) is 5.82 Å². The second-order valence-electron chi connectivity index (χ2n) is 7.20. The monoisotopic (exact) mass is 377 g/mol. The molecule has 1 saturated heterocycles. The van der Waals surface area contributed by atoms with E-state index in [9.17, 15) is 4.79 Å². The van der Waals surface area contributed by atoms with Crippen molar-refractivity contribution >= 4 is 17.4 Å².